The molecule has 0 atom stereocenters. The van der Waals surface area contributed by atoms with Crippen LogP contribution in [0.25, 0.3) is 0 Å². The molecule has 22 heavy (non-hydrogen) atoms. The van der Waals surface area contributed by atoms with Crippen LogP contribution < -0.4 is 5.32 Å². The van der Waals surface area contributed by atoms with Gasteiger partial charge in [0.25, 0.3) is 5.91 Å². The number of amides is 1. The van der Waals surface area contributed by atoms with Gasteiger partial charge in [-0.05, 0) is 53.3 Å². The Labute approximate surface area is 141 Å². The monoisotopic (exact) mass is 413 g/mol. The molecule has 2 aromatic rings. The number of unbranched alkanes of at least 4 members (excludes halogenated alkanes) is 1. The maximum atomic E-state index is 12.0. The first kappa shape index (κ1) is 16.5. The number of H-pyrrole nitrogens is 1. The fourth-order valence-corrected chi connectivity index (χ4v) is 2.21. The quantitative estimate of drug-likeness (QED) is 0.433. The number of aromatic nitrogens is 2. The Bertz CT molecular complexity index is 652. The minimum absolute atomic E-state index is 0.278. The number of hydrogen-bond acceptors (Lipinski definition) is 4. The second-order valence-electron chi connectivity index (χ2n) is 4.61. The summed E-state index contributed by atoms with van der Waals surface area (Å²) >= 11 is 2.03. The van der Waals surface area contributed by atoms with Crippen molar-refractivity contribution in [2.45, 2.75) is 19.8 Å². The van der Waals surface area contributed by atoms with Gasteiger partial charge < -0.3 is 10.1 Å². The lowest BCUT2D eigenvalue weighted by atomic mass is 10.2. The smallest absolute Gasteiger partial charge is 0.338 e. The van der Waals surface area contributed by atoms with Crippen molar-refractivity contribution in [1.29, 1.82) is 0 Å². The number of carbonyl (C=O) groups excluding carboxylic acids is 2. The van der Waals surface area contributed by atoms with Crippen LogP contribution in [-0.2, 0) is 4.74 Å². The van der Waals surface area contributed by atoms with Gasteiger partial charge in [0.15, 0.2) is 0 Å². The fourth-order valence-electron chi connectivity index (χ4n) is 1.71. The summed E-state index contributed by atoms with van der Waals surface area (Å²) in [4.78, 5) is 23.8. The molecular weight excluding hydrogens is 397 g/mol. The first-order valence-corrected chi connectivity index (χ1v) is 7.97. The van der Waals surface area contributed by atoms with Gasteiger partial charge in [-0.1, -0.05) is 13.3 Å². The third-order valence-corrected chi connectivity index (χ3v) is 3.75. The largest absolute Gasteiger partial charge is 0.462 e. The molecule has 0 aliphatic rings. The SMILES string of the molecule is CCCCOC(=O)c1ccc(NC(=O)c2[nH]ncc2I)cc1. The number of carbonyl (C=O) groups is 2. The summed E-state index contributed by atoms with van der Waals surface area (Å²) in [5.74, 6) is -0.630. The Morgan fingerprint density at radius 1 is 1.32 bits per heavy atom. The van der Waals surface area contributed by atoms with Crippen LogP contribution >= 0.6 is 22.6 Å². The maximum Gasteiger partial charge on any atom is 0.338 e. The van der Waals surface area contributed by atoms with Crippen LogP contribution in [0.5, 0.6) is 0 Å². The number of ether oxygens (including phenoxy) is 1. The standard InChI is InChI=1S/C15H16IN3O3/c1-2-3-8-22-15(21)10-4-6-11(7-5-10)18-14(20)13-12(16)9-17-19-13/h4-7,9H,2-3,8H2,1H3,(H,17,19)(H,18,20). The summed E-state index contributed by atoms with van der Waals surface area (Å²) in [6, 6.07) is 6.58. The molecule has 2 rings (SSSR count). The number of aromatic amines is 1. The Hall–Kier alpha value is -1.90. The molecule has 1 aromatic heterocycles. The van der Waals surface area contributed by atoms with Gasteiger partial charge in [0.05, 0.1) is 21.9 Å². The third kappa shape index (κ3) is 4.30. The highest BCUT2D eigenvalue weighted by Crippen LogP contribution is 2.14. The van der Waals surface area contributed by atoms with Crippen molar-refractivity contribution in [3.05, 3.63) is 45.3 Å². The lowest BCUT2D eigenvalue weighted by molar-refractivity contribution is 0.0499. The Morgan fingerprint density at radius 3 is 2.64 bits per heavy atom. The molecule has 0 radical (unpaired) electrons. The zero-order valence-electron chi connectivity index (χ0n) is 12.1. The number of nitrogens with one attached hydrogen (secondary N) is 2. The van der Waals surface area contributed by atoms with Crippen molar-refractivity contribution in [3.8, 4) is 0 Å². The highest BCUT2D eigenvalue weighted by Gasteiger charge is 2.12. The lowest BCUT2D eigenvalue weighted by Crippen LogP contribution is -2.14. The maximum absolute atomic E-state index is 12.0. The number of rotatable bonds is 6. The van der Waals surface area contributed by atoms with E-state index in [1.807, 2.05) is 29.5 Å². The Kier molecular flexibility index (Phi) is 5.93. The van der Waals surface area contributed by atoms with Crippen LogP contribution in [-0.4, -0.2) is 28.7 Å². The predicted octanol–water partition coefficient (Wildman–Crippen LogP) is 3.22. The fraction of sp³-hybridized carbons (Fsp3) is 0.267. The van der Waals surface area contributed by atoms with Gasteiger partial charge in [-0.15, -0.1) is 0 Å². The molecule has 0 aliphatic carbocycles. The van der Waals surface area contributed by atoms with E-state index in [1.165, 1.54) is 0 Å². The molecule has 1 heterocycles. The molecule has 0 saturated heterocycles. The molecule has 0 saturated carbocycles. The number of nitrogens with zero attached hydrogens (tertiary/aromatic N) is 1. The van der Waals surface area contributed by atoms with E-state index >= 15 is 0 Å². The van der Waals surface area contributed by atoms with Gasteiger partial charge >= 0.3 is 5.97 Å². The number of anilines is 1. The second-order valence-corrected chi connectivity index (χ2v) is 5.78. The Balaban J connectivity index is 1.96. The highest BCUT2D eigenvalue weighted by molar-refractivity contribution is 14.1. The molecular formula is C15H16IN3O3. The lowest BCUT2D eigenvalue weighted by Gasteiger charge is -2.06. The molecule has 0 spiro atoms. The average Bonchev–Trinajstić information content (AvgIpc) is 2.94. The van der Waals surface area contributed by atoms with Gasteiger partial charge in [-0.3, -0.25) is 9.89 Å². The van der Waals surface area contributed by atoms with Gasteiger partial charge in [0.1, 0.15) is 5.69 Å². The van der Waals surface area contributed by atoms with Gasteiger partial charge in [0, 0.05) is 5.69 Å². The first-order valence-electron chi connectivity index (χ1n) is 6.89. The van der Waals surface area contributed by atoms with Crippen molar-refractivity contribution >= 4 is 40.2 Å². The van der Waals surface area contributed by atoms with Crippen LogP contribution in [0.2, 0.25) is 0 Å². The van der Waals surface area contributed by atoms with Crippen LogP contribution in [0.3, 0.4) is 0 Å². The molecule has 0 unspecified atom stereocenters. The van der Waals surface area contributed by atoms with Gasteiger partial charge in [0.2, 0.25) is 0 Å². The van der Waals surface area contributed by atoms with Crippen molar-refractivity contribution in [2.75, 3.05) is 11.9 Å². The Morgan fingerprint density at radius 2 is 2.05 bits per heavy atom. The predicted molar refractivity (Wildman–Crippen MR) is 90.9 cm³/mol. The normalized spacial score (nSPS) is 10.3. The van der Waals surface area contributed by atoms with E-state index in [0.717, 1.165) is 16.4 Å². The van der Waals surface area contributed by atoms with E-state index in [2.05, 4.69) is 15.5 Å². The van der Waals surface area contributed by atoms with E-state index in [4.69, 9.17) is 4.74 Å². The number of esters is 1. The average molecular weight is 413 g/mol. The van der Waals surface area contributed by atoms with Crippen LogP contribution in [0, 0.1) is 3.57 Å². The van der Waals surface area contributed by atoms with E-state index in [0.29, 0.717) is 23.6 Å². The third-order valence-electron chi connectivity index (χ3n) is 2.93. The van der Waals surface area contributed by atoms with E-state index < -0.39 is 0 Å². The molecule has 0 aliphatic heterocycles. The van der Waals surface area contributed by atoms with Gasteiger partial charge in [-0.25, -0.2) is 4.79 Å². The van der Waals surface area contributed by atoms with Crippen molar-refractivity contribution in [3.63, 3.8) is 0 Å². The first-order chi connectivity index (χ1) is 10.6. The van der Waals surface area contributed by atoms with Crippen LogP contribution in [0.15, 0.2) is 30.5 Å². The summed E-state index contributed by atoms with van der Waals surface area (Å²) < 4.78 is 5.87. The zero-order valence-corrected chi connectivity index (χ0v) is 14.2. The number of halogens is 1. The minimum atomic E-state index is -0.352. The number of hydrogen-bond donors (Lipinski definition) is 2. The summed E-state index contributed by atoms with van der Waals surface area (Å²) in [6.07, 6.45) is 3.40. The molecule has 1 amide bonds. The second kappa shape index (κ2) is 7.92. The van der Waals surface area contributed by atoms with E-state index in [9.17, 15) is 9.59 Å². The molecule has 7 heteroatoms. The zero-order chi connectivity index (χ0) is 15.9. The highest BCUT2D eigenvalue weighted by atomic mass is 127. The summed E-state index contributed by atoms with van der Waals surface area (Å²) in [5, 5.41) is 9.18. The van der Waals surface area contributed by atoms with Crippen molar-refractivity contribution in [2.24, 2.45) is 0 Å². The molecule has 6 nitrogen and oxygen atoms in total. The molecule has 0 fully saturated rings. The van der Waals surface area contributed by atoms with Crippen molar-refractivity contribution < 1.29 is 14.3 Å². The minimum Gasteiger partial charge on any atom is -0.462 e. The van der Waals surface area contributed by atoms with Gasteiger partial charge in [-0.2, -0.15) is 5.10 Å². The van der Waals surface area contributed by atoms with Crippen LogP contribution in [0.4, 0.5) is 5.69 Å². The van der Waals surface area contributed by atoms with Crippen LogP contribution in [0.1, 0.15) is 40.6 Å². The molecule has 116 valence electrons. The molecule has 0 bridgehead atoms. The summed E-state index contributed by atoms with van der Waals surface area (Å²) in [5.41, 5.74) is 1.47. The molecule has 1 aromatic carbocycles. The topological polar surface area (TPSA) is 84.1 Å². The van der Waals surface area contributed by atoms with E-state index in [1.54, 1.807) is 30.5 Å². The summed E-state index contributed by atoms with van der Waals surface area (Å²) in [7, 11) is 0. The number of benzene rings is 1. The van der Waals surface area contributed by atoms with Crippen molar-refractivity contribution in [1.82, 2.24) is 10.2 Å². The molecule has 2 N–H and O–H groups in total. The van der Waals surface area contributed by atoms with E-state index in [-0.39, 0.29) is 11.9 Å². The summed E-state index contributed by atoms with van der Waals surface area (Å²) in [6.45, 7) is 2.46.